The Bertz CT molecular complexity index is 981. The number of para-hydroxylation sites is 1. The van der Waals surface area contributed by atoms with Crippen LogP contribution in [0.2, 0.25) is 0 Å². The molecule has 32 heavy (non-hydrogen) atoms. The van der Waals surface area contributed by atoms with Crippen LogP contribution in [-0.4, -0.2) is 41.4 Å². The van der Waals surface area contributed by atoms with Crippen molar-refractivity contribution in [2.45, 2.75) is 39.0 Å². The normalized spacial score (nSPS) is 21.2. The Balaban J connectivity index is 1.58. The average Bonchev–Trinajstić information content (AvgIpc) is 3.15. The van der Waals surface area contributed by atoms with E-state index in [0.717, 1.165) is 6.42 Å². The Hall–Kier alpha value is -2.52. The van der Waals surface area contributed by atoms with Crippen LogP contribution in [0.3, 0.4) is 0 Å². The number of hydrogen-bond donors (Lipinski definition) is 2. The molecule has 3 rings (SSSR count). The lowest BCUT2D eigenvalue weighted by molar-refractivity contribution is -0.142. The number of carbonyl (C=O) groups is 1. The van der Waals surface area contributed by atoms with Crippen molar-refractivity contribution in [3.05, 3.63) is 63.4 Å². The smallest absolute Gasteiger partial charge is 0.330 e. The van der Waals surface area contributed by atoms with E-state index in [-0.39, 0.29) is 31.1 Å². The SMILES string of the molecule is CCCOC(=O)CN[P@@](OCC1CC(C)C(n2ccc(=O)[nH]c2=O)O1)Oc1ccccc1. The minimum absolute atomic E-state index is 0.0328. The summed E-state index contributed by atoms with van der Waals surface area (Å²) in [5, 5.41) is 2.97. The number of esters is 1. The number of rotatable bonds is 11. The number of benzene rings is 1. The van der Waals surface area contributed by atoms with Gasteiger partial charge in [0.1, 0.15) is 18.5 Å². The third kappa shape index (κ3) is 7.00. The lowest BCUT2D eigenvalue weighted by Gasteiger charge is -2.21. The van der Waals surface area contributed by atoms with Crippen LogP contribution in [0.15, 0.2) is 52.2 Å². The van der Waals surface area contributed by atoms with Gasteiger partial charge in [-0.05, 0) is 25.0 Å². The van der Waals surface area contributed by atoms with Gasteiger partial charge in [-0.25, -0.2) is 9.88 Å². The van der Waals surface area contributed by atoms with Crippen molar-refractivity contribution in [1.29, 1.82) is 0 Å². The molecule has 2 heterocycles. The Morgan fingerprint density at radius 3 is 2.78 bits per heavy atom. The first-order valence-corrected chi connectivity index (χ1v) is 11.7. The Kier molecular flexibility index (Phi) is 8.99. The van der Waals surface area contributed by atoms with Gasteiger partial charge < -0.3 is 18.5 Å². The minimum Gasteiger partial charge on any atom is -0.465 e. The molecule has 0 radical (unpaired) electrons. The number of ether oxygens (including phenoxy) is 2. The molecule has 2 aromatic rings. The Labute approximate surface area is 186 Å². The van der Waals surface area contributed by atoms with E-state index < -0.39 is 26.0 Å². The van der Waals surface area contributed by atoms with Crippen molar-refractivity contribution < 1.29 is 23.3 Å². The maximum Gasteiger partial charge on any atom is 0.330 e. The molecular formula is C21H28N3O7P. The summed E-state index contributed by atoms with van der Waals surface area (Å²) in [6.45, 7) is 4.41. The minimum atomic E-state index is -1.64. The van der Waals surface area contributed by atoms with Gasteiger partial charge in [-0.2, -0.15) is 0 Å². The fraction of sp³-hybridized carbons (Fsp3) is 0.476. The third-order valence-electron chi connectivity index (χ3n) is 4.71. The molecule has 0 amide bonds. The van der Waals surface area contributed by atoms with E-state index >= 15 is 0 Å². The van der Waals surface area contributed by atoms with Crippen LogP contribution in [0.5, 0.6) is 5.75 Å². The zero-order chi connectivity index (χ0) is 22.9. The Morgan fingerprint density at radius 2 is 2.06 bits per heavy atom. The molecule has 0 bridgehead atoms. The summed E-state index contributed by atoms with van der Waals surface area (Å²) in [5.74, 6) is 0.250. The fourth-order valence-corrected chi connectivity index (χ4v) is 4.30. The molecule has 2 N–H and O–H groups in total. The molecule has 1 fully saturated rings. The molecule has 1 saturated heterocycles. The zero-order valence-electron chi connectivity index (χ0n) is 18.1. The van der Waals surface area contributed by atoms with Gasteiger partial charge in [0.25, 0.3) is 5.56 Å². The molecule has 11 heteroatoms. The maximum absolute atomic E-state index is 12.1. The first-order chi connectivity index (χ1) is 15.5. The highest BCUT2D eigenvalue weighted by Gasteiger charge is 2.35. The second-order valence-electron chi connectivity index (χ2n) is 7.39. The molecule has 1 aromatic heterocycles. The van der Waals surface area contributed by atoms with E-state index in [0.29, 0.717) is 18.8 Å². The van der Waals surface area contributed by atoms with E-state index in [1.807, 2.05) is 32.0 Å². The standard InChI is InChI=1S/C21H28N3O7P/c1-3-11-28-19(26)13-22-32(31-16-7-5-4-6-8-16)29-14-17-12-15(2)20(30-17)24-10-9-18(25)23-21(24)27/h4-10,15,17,20,22H,3,11-14H2,1-2H3,(H,23,25,27)/t15?,17?,20?,32-/m0/s1. The van der Waals surface area contributed by atoms with Gasteiger partial charge in [-0.1, -0.05) is 32.0 Å². The third-order valence-corrected chi connectivity index (χ3v) is 5.88. The molecule has 4 atom stereocenters. The molecule has 1 aliphatic rings. The lowest BCUT2D eigenvalue weighted by Crippen LogP contribution is -2.33. The van der Waals surface area contributed by atoms with Crippen molar-refractivity contribution in [2.24, 2.45) is 5.92 Å². The highest BCUT2D eigenvalue weighted by Crippen LogP contribution is 2.38. The van der Waals surface area contributed by atoms with Gasteiger partial charge in [0, 0.05) is 18.2 Å². The van der Waals surface area contributed by atoms with Crippen LogP contribution in [-0.2, 0) is 18.8 Å². The van der Waals surface area contributed by atoms with E-state index in [1.54, 1.807) is 12.1 Å². The first kappa shape index (κ1) is 24.1. The number of H-pyrrole nitrogens is 1. The van der Waals surface area contributed by atoms with Crippen LogP contribution in [0.25, 0.3) is 0 Å². The summed E-state index contributed by atoms with van der Waals surface area (Å²) in [4.78, 5) is 37.5. The topological polar surface area (TPSA) is 121 Å². The van der Waals surface area contributed by atoms with E-state index in [2.05, 4.69) is 10.1 Å². The maximum atomic E-state index is 12.1. The van der Waals surface area contributed by atoms with Crippen LogP contribution in [0.1, 0.15) is 32.9 Å². The van der Waals surface area contributed by atoms with Crippen LogP contribution >= 0.6 is 8.53 Å². The molecule has 1 aliphatic heterocycles. The molecule has 0 aliphatic carbocycles. The molecule has 10 nitrogen and oxygen atoms in total. The van der Waals surface area contributed by atoms with Crippen LogP contribution in [0, 0.1) is 5.92 Å². The summed E-state index contributed by atoms with van der Waals surface area (Å²) in [6, 6.07) is 10.4. The van der Waals surface area contributed by atoms with Crippen molar-refractivity contribution in [1.82, 2.24) is 14.6 Å². The number of carbonyl (C=O) groups excluding carboxylic acids is 1. The Morgan fingerprint density at radius 1 is 1.28 bits per heavy atom. The summed E-state index contributed by atoms with van der Waals surface area (Å²) >= 11 is 0. The van der Waals surface area contributed by atoms with E-state index in [4.69, 9.17) is 18.5 Å². The second kappa shape index (κ2) is 11.9. The summed E-state index contributed by atoms with van der Waals surface area (Å²) < 4.78 is 24.3. The largest absolute Gasteiger partial charge is 0.465 e. The molecule has 3 unspecified atom stereocenters. The molecular weight excluding hydrogens is 437 g/mol. The van der Waals surface area contributed by atoms with Gasteiger partial charge >= 0.3 is 20.2 Å². The average molecular weight is 465 g/mol. The van der Waals surface area contributed by atoms with Crippen molar-refractivity contribution >= 4 is 14.5 Å². The number of nitrogens with one attached hydrogen (secondary N) is 2. The quantitative estimate of drug-likeness (QED) is 0.383. The zero-order valence-corrected chi connectivity index (χ0v) is 19.0. The van der Waals surface area contributed by atoms with Crippen molar-refractivity contribution in [2.75, 3.05) is 19.8 Å². The predicted octanol–water partition coefficient (Wildman–Crippen LogP) is 2.33. The summed E-state index contributed by atoms with van der Waals surface area (Å²) in [6.07, 6.45) is 2.04. The van der Waals surface area contributed by atoms with Gasteiger partial charge in [0.05, 0.1) is 19.3 Å². The monoisotopic (exact) mass is 465 g/mol. The van der Waals surface area contributed by atoms with Gasteiger partial charge in [-0.15, -0.1) is 0 Å². The highest BCUT2D eigenvalue weighted by atomic mass is 31.2. The van der Waals surface area contributed by atoms with Gasteiger partial charge in [-0.3, -0.25) is 19.1 Å². The summed E-state index contributed by atoms with van der Waals surface area (Å²) in [5.41, 5.74) is -0.970. The molecule has 0 saturated carbocycles. The van der Waals surface area contributed by atoms with Crippen molar-refractivity contribution in [3.63, 3.8) is 0 Å². The molecule has 1 aromatic carbocycles. The molecule has 0 spiro atoms. The van der Waals surface area contributed by atoms with Gasteiger partial charge in [0.15, 0.2) is 0 Å². The van der Waals surface area contributed by atoms with E-state index in [1.165, 1.54) is 16.8 Å². The number of nitrogens with zero attached hydrogens (tertiary/aromatic N) is 1. The number of aromatic nitrogens is 2. The van der Waals surface area contributed by atoms with Crippen LogP contribution < -0.4 is 20.9 Å². The second-order valence-corrected chi connectivity index (χ2v) is 8.66. The van der Waals surface area contributed by atoms with Crippen molar-refractivity contribution in [3.8, 4) is 5.75 Å². The number of hydrogen-bond acceptors (Lipinski definition) is 8. The lowest BCUT2D eigenvalue weighted by atomic mass is 10.1. The van der Waals surface area contributed by atoms with Crippen LogP contribution in [0.4, 0.5) is 0 Å². The first-order valence-electron chi connectivity index (χ1n) is 10.5. The predicted molar refractivity (Wildman–Crippen MR) is 118 cm³/mol. The number of aromatic amines is 1. The highest BCUT2D eigenvalue weighted by molar-refractivity contribution is 7.45. The fourth-order valence-electron chi connectivity index (χ4n) is 3.22. The summed E-state index contributed by atoms with van der Waals surface area (Å²) in [7, 11) is -1.64. The van der Waals surface area contributed by atoms with E-state index in [9.17, 15) is 14.4 Å². The van der Waals surface area contributed by atoms with Gasteiger partial charge in [0.2, 0.25) is 0 Å². The molecule has 174 valence electrons.